The molecule has 1 atom stereocenters. The molecular weight excluding hydrogens is 240 g/mol. The summed E-state index contributed by atoms with van der Waals surface area (Å²) < 4.78 is 26.6. The zero-order chi connectivity index (χ0) is 9.84. The van der Waals surface area contributed by atoms with E-state index in [1.807, 2.05) is 0 Å². The molecule has 1 aromatic rings. The van der Waals surface area contributed by atoms with Gasteiger partial charge < -0.3 is 5.73 Å². The number of hydrogen-bond donors (Lipinski definition) is 1. The van der Waals surface area contributed by atoms with Gasteiger partial charge in [-0.15, -0.1) is 0 Å². The van der Waals surface area contributed by atoms with Gasteiger partial charge in [-0.2, -0.15) is 0 Å². The first-order valence-electron chi connectivity index (χ1n) is 3.94. The first kappa shape index (κ1) is 10.6. The minimum atomic E-state index is -1.20. The molecule has 0 aliphatic heterocycles. The highest BCUT2D eigenvalue weighted by Gasteiger charge is 2.12. The van der Waals surface area contributed by atoms with Gasteiger partial charge in [-0.1, -0.05) is 15.9 Å². The van der Waals surface area contributed by atoms with Crippen LogP contribution < -0.4 is 5.73 Å². The van der Waals surface area contributed by atoms with Crippen LogP contribution >= 0.6 is 15.9 Å². The SMILES string of the molecule is NCCC(F)c1cc(F)ccc1Br. The van der Waals surface area contributed by atoms with Gasteiger partial charge >= 0.3 is 0 Å². The molecule has 0 saturated heterocycles. The fourth-order valence-corrected chi connectivity index (χ4v) is 1.55. The second-order valence-electron chi connectivity index (χ2n) is 2.71. The Hall–Kier alpha value is -0.480. The number of alkyl halides is 1. The van der Waals surface area contributed by atoms with Crippen LogP contribution in [0.2, 0.25) is 0 Å². The molecule has 0 aromatic heterocycles. The van der Waals surface area contributed by atoms with Crippen molar-refractivity contribution in [1.29, 1.82) is 0 Å². The molecule has 13 heavy (non-hydrogen) atoms. The van der Waals surface area contributed by atoms with E-state index in [1.54, 1.807) is 0 Å². The Kier molecular flexibility index (Phi) is 3.81. The maximum Gasteiger partial charge on any atom is 0.128 e. The standard InChI is InChI=1S/C9H10BrF2N/c10-8-2-1-6(11)5-7(8)9(12)3-4-13/h1-2,5,9H,3-4,13H2. The molecule has 1 unspecified atom stereocenters. The lowest BCUT2D eigenvalue weighted by Crippen LogP contribution is -2.04. The average Bonchev–Trinajstić information content (AvgIpc) is 2.09. The Morgan fingerprint density at radius 1 is 1.46 bits per heavy atom. The van der Waals surface area contributed by atoms with E-state index >= 15 is 0 Å². The van der Waals surface area contributed by atoms with E-state index in [0.717, 1.165) is 0 Å². The van der Waals surface area contributed by atoms with Gasteiger partial charge in [0, 0.05) is 10.0 Å². The molecule has 1 aromatic carbocycles. The Morgan fingerprint density at radius 3 is 2.77 bits per heavy atom. The maximum atomic E-state index is 13.3. The first-order chi connectivity index (χ1) is 6.15. The van der Waals surface area contributed by atoms with E-state index in [2.05, 4.69) is 15.9 Å². The normalized spacial score (nSPS) is 12.9. The van der Waals surface area contributed by atoms with Crippen molar-refractivity contribution in [3.05, 3.63) is 34.1 Å². The molecule has 0 spiro atoms. The molecule has 0 aliphatic carbocycles. The molecule has 4 heteroatoms. The third kappa shape index (κ3) is 2.74. The highest BCUT2D eigenvalue weighted by atomic mass is 79.9. The molecule has 0 heterocycles. The zero-order valence-electron chi connectivity index (χ0n) is 6.93. The molecule has 2 N–H and O–H groups in total. The largest absolute Gasteiger partial charge is 0.330 e. The van der Waals surface area contributed by atoms with Crippen LogP contribution in [0.5, 0.6) is 0 Å². The van der Waals surface area contributed by atoms with Crippen molar-refractivity contribution in [2.75, 3.05) is 6.54 Å². The third-order valence-corrected chi connectivity index (χ3v) is 2.44. The summed E-state index contributed by atoms with van der Waals surface area (Å²) in [5.74, 6) is -0.433. The lowest BCUT2D eigenvalue weighted by atomic mass is 10.1. The smallest absolute Gasteiger partial charge is 0.128 e. The topological polar surface area (TPSA) is 26.0 Å². The highest BCUT2D eigenvalue weighted by Crippen LogP contribution is 2.28. The molecular formula is C9H10BrF2N. The fourth-order valence-electron chi connectivity index (χ4n) is 1.06. The van der Waals surface area contributed by atoms with Crippen LogP contribution in [0.1, 0.15) is 18.2 Å². The van der Waals surface area contributed by atoms with Gasteiger partial charge in [-0.3, -0.25) is 0 Å². The maximum absolute atomic E-state index is 13.3. The van der Waals surface area contributed by atoms with Crippen molar-refractivity contribution in [3.8, 4) is 0 Å². The summed E-state index contributed by atoms with van der Waals surface area (Å²) >= 11 is 3.15. The number of hydrogen-bond acceptors (Lipinski definition) is 1. The van der Waals surface area contributed by atoms with Gasteiger partial charge in [-0.25, -0.2) is 8.78 Å². The van der Waals surface area contributed by atoms with Crippen LogP contribution in [0, 0.1) is 5.82 Å². The van der Waals surface area contributed by atoms with E-state index in [9.17, 15) is 8.78 Å². The monoisotopic (exact) mass is 249 g/mol. The molecule has 0 radical (unpaired) electrons. The lowest BCUT2D eigenvalue weighted by Gasteiger charge is -2.08. The van der Waals surface area contributed by atoms with Gasteiger partial charge in [0.05, 0.1) is 0 Å². The average molecular weight is 250 g/mol. The van der Waals surface area contributed by atoms with Crippen LogP contribution in [0.3, 0.4) is 0 Å². The molecule has 1 rings (SSSR count). The third-order valence-electron chi connectivity index (χ3n) is 1.72. The summed E-state index contributed by atoms with van der Waals surface area (Å²) in [7, 11) is 0. The highest BCUT2D eigenvalue weighted by molar-refractivity contribution is 9.10. The van der Waals surface area contributed by atoms with Crippen molar-refractivity contribution >= 4 is 15.9 Å². The van der Waals surface area contributed by atoms with E-state index in [-0.39, 0.29) is 13.0 Å². The van der Waals surface area contributed by atoms with E-state index < -0.39 is 12.0 Å². The summed E-state index contributed by atoms with van der Waals surface area (Å²) in [5.41, 5.74) is 5.53. The second-order valence-corrected chi connectivity index (χ2v) is 3.57. The van der Waals surface area contributed by atoms with Crippen LogP contribution in [0.15, 0.2) is 22.7 Å². The number of halogens is 3. The quantitative estimate of drug-likeness (QED) is 0.876. The molecule has 0 bridgehead atoms. The Morgan fingerprint density at radius 2 is 2.15 bits per heavy atom. The second kappa shape index (κ2) is 4.67. The summed E-state index contributed by atoms with van der Waals surface area (Å²) in [5, 5.41) is 0. The van der Waals surface area contributed by atoms with E-state index in [1.165, 1.54) is 18.2 Å². The van der Waals surface area contributed by atoms with Gasteiger partial charge in [0.2, 0.25) is 0 Å². The first-order valence-corrected chi connectivity index (χ1v) is 4.73. The minimum absolute atomic E-state index is 0.210. The minimum Gasteiger partial charge on any atom is -0.330 e. The van der Waals surface area contributed by atoms with Crippen molar-refractivity contribution in [2.45, 2.75) is 12.6 Å². The van der Waals surface area contributed by atoms with Crippen molar-refractivity contribution in [1.82, 2.24) is 0 Å². The van der Waals surface area contributed by atoms with E-state index in [4.69, 9.17) is 5.73 Å². The predicted molar refractivity (Wildman–Crippen MR) is 51.6 cm³/mol. The summed E-state index contributed by atoms with van der Waals surface area (Å²) in [6.07, 6.45) is -0.989. The summed E-state index contributed by atoms with van der Waals surface area (Å²) in [4.78, 5) is 0. The molecule has 0 saturated carbocycles. The van der Waals surface area contributed by atoms with Crippen LogP contribution in [0.4, 0.5) is 8.78 Å². The fraction of sp³-hybridized carbons (Fsp3) is 0.333. The molecule has 1 nitrogen and oxygen atoms in total. The number of benzene rings is 1. The molecule has 0 fully saturated rings. The van der Waals surface area contributed by atoms with Crippen molar-refractivity contribution in [3.63, 3.8) is 0 Å². The molecule has 0 amide bonds. The Labute approximate surface area is 84.1 Å². The van der Waals surface area contributed by atoms with Crippen LogP contribution in [-0.2, 0) is 0 Å². The number of rotatable bonds is 3. The Balaban J connectivity index is 2.91. The van der Waals surface area contributed by atoms with E-state index in [0.29, 0.717) is 10.0 Å². The lowest BCUT2D eigenvalue weighted by molar-refractivity contribution is 0.325. The van der Waals surface area contributed by atoms with Gasteiger partial charge in [0.25, 0.3) is 0 Å². The van der Waals surface area contributed by atoms with Gasteiger partial charge in [0.1, 0.15) is 12.0 Å². The summed E-state index contributed by atoms with van der Waals surface area (Å²) in [6.45, 7) is 0.254. The number of nitrogens with two attached hydrogens (primary N) is 1. The van der Waals surface area contributed by atoms with Crippen LogP contribution in [-0.4, -0.2) is 6.54 Å². The van der Waals surface area contributed by atoms with Gasteiger partial charge in [0.15, 0.2) is 0 Å². The molecule has 0 aliphatic rings. The van der Waals surface area contributed by atoms with Crippen molar-refractivity contribution < 1.29 is 8.78 Å². The predicted octanol–water partition coefficient (Wildman–Crippen LogP) is 2.95. The zero-order valence-corrected chi connectivity index (χ0v) is 8.52. The summed E-state index contributed by atoms with van der Waals surface area (Å²) in [6, 6.07) is 3.96. The van der Waals surface area contributed by atoms with Gasteiger partial charge in [-0.05, 0) is 31.2 Å². The Bertz CT molecular complexity index is 291. The van der Waals surface area contributed by atoms with Crippen molar-refractivity contribution in [2.24, 2.45) is 5.73 Å². The van der Waals surface area contributed by atoms with Crippen LogP contribution in [0.25, 0.3) is 0 Å². The molecule has 72 valence electrons.